The van der Waals surface area contributed by atoms with Crippen LogP contribution in [0, 0.1) is 11.8 Å². The predicted molar refractivity (Wildman–Crippen MR) is 110 cm³/mol. The molecule has 3 fully saturated rings. The van der Waals surface area contributed by atoms with Crippen molar-refractivity contribution in [2.45, 2.75) is 35.6 Å². The monoisotopic (exact) mass is 448 g/mol. The van der Waals surface area contributed by atoms with Crippen LogP contribution >= 0.6 is 11.6 Å². The molecule has 2 aliphatic carbocycles. The molecule has 0 bridgehead atoms. The van der Waals surface area contributed by atoms with E-state index in [0.717, 1.165) is 38.2 Å². The van der Waals surface area contributed by atoms with E-state index in [-0.39, 0.29) is 12.5 Å². The highest BCUT2D eigenvalue weighted by Gasteiger charge is 2.58. The number of aromatic nitrogens is 4. The summed E-state index contributed by atoms with van der Waals surface area (Å²) in [7, 11) is -1.30. The lowest BCUT2D eigenvalue weighted by atomic mass is 9.77. The lowest BCUT2D eigenvalue weighted by Crippen LogP contribution is -2.48. The third kappa shape index (κ3) is 2.88. The molecule has 2 aliphatic heterocycles. The minimum atomic E-state index is -1.30. The second kappa shape index (κ2) is 6.73. The highest BCUT2D eigenvalue weighted by molar-refractivity contribution is 7.85. The van der Waals surface area contributed by atoms with Crippen LogP contribution in [0.1, 0.15) is 31.0 Å². The van der Waals surface area contributed by atoms with Crippen LogP contribution in [0.2, 0.25) is 5.02 Å². The Kier molecular flexibility index (Phi) is 4.20. The van der Waals surface area contributed by atoms with E-state index in [1.54, 1.807) is 12.4 Å². The van der Waals surface area contributed by atoms with Gasteiger partial charge in [0.1, 0.15) is 21.5 Å². The van der Waals surface area contributed by atoms with Gasteiger partial charge in [-0.25, -0.2) is 9.97 Å². The molecule has 9 nitrogen and oxygen atoms in total. The average Bonchev–Trinajstić information content (AvgIpc) is 3.04. The predicted octanol–water partition coefficient (Wildman–Crippen LogP) is 1.55. The summed E-state index contributed by atoms with van der Waals surface area (Å²) in [4.78, 5) is 20.7. The van der Waals surface area contributed by atoms with E-state index in [4.69, 9.17) is 21.3 Å². The third-order valence-electron chi connectivity index (χ3n) is 6.77. The van der Waals surface area contributed by atoms with E-state index in [2.05, 4.69) is 25.2 Å². The SMILES string of the molecule is O=[S@@]1COc2nc(N3CC4C(C3)C4c3ncc(Cl)cn3)nc(NC3(CO)CCC3)c21. The number of fused-ring (bicyclic) bond motifs is 2. The molecular formula is C19H21ClN6O3S. The van der Waals surface area contributed by atoms with Crippen LogP contribution in [0.5, 0.6) is 5.88 Å². The molecule has 6 rings (SSSR count). The number of anilines is 2. The van der Waals surface area contributed by atoms with Crippen LogP contribution in [0.4, 0.5) is 11.8 Å². The van der Waals surface area contributed by atoms with Crippen molar-refractivity contribution in [3.8, 4) is 5.88 Å². The number of halogens is 1. The Balaban J connectivity index is 1.25. The summed E-state index contributed by atoms with van der Waals surface area (Å²) in [5, 5.41) is 13.8. The Bertz CT molecular complexity index is 1020. The number of nitrogens with zero attached hydrogens (tertiary/aromatic N) is 5. The molecule has 4 heterocycles. The van der Waals surface area contributed by atoms with Crippen molar-refractivity contribution in [1.29, 1.82) is 0 Å². The van der Waals surface area contributed by atoms with Crippen molar-refractivity contribution in [2.24, 2.45) is 11.8 Å². The van der Waals surface area contributed by atoms with Crippen LogP contribution in [-0.4, -0.2) is 60.4 Å². The van der Waals surface area contributed by atoms with Crippen LogP contribution in [-0.2, 0) is 10.8 Å². The Labute approximate surface area is 180 Å². The fraction of sp³-hybridized carbons (Fsp3) is 0.579. The maximum atomic E-state index is 12.4. The second-order valence-electron chi connectivity index (χ2n) is 8.55. The molecule has 2 saturated carbocycles. The van der Waals surface area contributed by atoms with Gasteiger partial charge in [-0.2, -0.15) is 9.97 Å². The molecule has 2 N–H and O–H groups in total. The number of nitrogens with one attached hydrogen (secondary N) is 1. The zero-order valence-corrected chi connectivity index (χ0v) is 17.7. The van der Waals surface area contributed by atoms with Gasteiger partial charge in [0, 0.05) is 31.4 Å². The third-order valence-corrected chi connectivity index (χ3v) is 8.12. The molecule has 4 aliphatic rings. The lowest BCUT2D eigenvalue weighted by Gasteiger charge is -2.41. The van der Waals surface area contributed by atoms with Gasteiger partial charge >= 0.3 is 0 Å². The number of aliphatic hydroxyl groups excluding tert-OH is 1. The summed E-state index contributed by atoms with van der Waals surface area (Å²) in [6, 6.07) is 0. The van der Waals surface area contributed by atoms with Gasteiger partial charge in [0.15, 0.2) is 11.8 Å². The first-order valence-corrected chi connectivity index (χ1v) is 11.8. The van der Waals surface area contributed by atoms with Crippen LogP contribution in [0.3, 0.4) is 0 Å². The van der Waals surface area contributed by atoms with Crippen molar-refractivity contribution < 1.29 is 14.1 Å². The van der Waals surface area contributed by atoms with E-state index < -0.39 is 16.3 Å². The van der Waals surface area contributed by atoms with Gasteiger partial charge in [0.2, 0.25) is 11.8 Å². The Morgan fingerprint density at radius 1 is 1.27 bits per heavy atom. The van der Waals surface area contributed by atoms with Gasteiger partial charge in [0.25, 0.3) is 0 Å². The number of ether oxygens (including phenoxy) is 1. The quantitative estimate of drug-likeness (QED) is 0.703. The van der Waals surface area contributed by atoms with Crippen LogP contribution < -0.4 is 15.0 Å². The first kappa shape index (κ1) is 18.7. The van der Waals surface area contributed by atoms with E-state index in [1.807, 2.05) is 0 Å². The number of aliphatic hydroxyl groups is 1. The van der Waals surface area contributed by atoms with Crippen LogP contribution in [0.25, 0.3) is 0 Å². The minimum Gasteiger partial charge on any atom is -0.463 e. The fourth-order valence-corrected chi connectivity index (χ4v) is 5.91. The number of piperidine rings is 1. The van der Waals surface area contributed by atoms with Gasteiger partial charge in [-0.05, 0) is 31.1 Å². The first-order chi connectivity index (χ1) is 14.6. The minimum absolute atomic E-state index is 0.0191. The summed E-state index contributed by atoms with van der Waals surface area (Å²) in [5.74, 6) is 3.70. The Morgan fingerprint density at radius 2 is 2.00 bits per heavy atom. The van der Waals surface area contributed by atoms with Crippen molar-refractivity contribution in [3.63, 3.8) is 0 Å². The zero-order valence-electron chi connectivity index (χ0n) is 16.1. The molecule has 0 radical (unpaired) electrons. The van der Waals surface area contributed by atoms with Crippen molar-refractivity contribution >= 4 is 34.2 Å². The van der Waals surface area contributed by atoms with Gasteiger partial charge < -0.3 is 20.1 Å². The molecule has 2 aromatic heterocycles. The van der Waals surface area contributed by atoms with Gasteiger partial charge in [-0.1, -0.05) is 11.6 Å². The molecule has 2 aromatic rings. The number of rotatable bonds is 5. The van der Waals surface area contributed by atoms with E-state index >= 15 is 0 Å². The summed E-state index contributed by atoms with van der Waals surface area (Å²) in [6.07, 6.45) is 6.07. The largest absolute Gasteiger partial charge is 0.463 e. The molecule has 2 unspecified atom stereocenters. The fourth-order valence-electron chi connectivity index (χ4n) is 4.86. The summed E-state index contributed by atoms with van der Waals surface area (Å²) in [6.45, 7) is 1.65. The van der Waals surface area contributed by atoms with E-state index in [9.17, 15) is 9.32 Å². The Hall–Kier alpha value is -2.04. The van der Waals surface area contributed by atoms with Crippen molar-refractivity contribution in [1.82, 2.24) is 19.9 Å². The lowest BCUT2D eigenvalue weighted by molar-refractivity contribution is 0.143. The number of hydrogen-bond donors (Lipinski definition) is 2. The standard InChI is InChI=1S/C19H21ClN6O3S/c20-10-4-21-15(22-5-10)13-11-6-26(7-12(11)13)18-23-16(25-19(8-27)2-1-3-19)14-17(24-18)29-9-30(14)28/h4-5,11-13,27H,1-3,6-9H2,(H,23,24,25)/t11?,12?,13?,30-/m1/s1. The molecule has 158 valence electrons. The van der Waals surface area contributed by atoms with Crippen LogP contribution in [0.15, 0.2) is 17.3 Å². The summed E-state index contributed by atoms with van der Waals surface area (Å²) >= 11 is 5.90. The summed E-state index contributed by atoms with van der Waals surface area (Å²) in [5.41, 5.74) is -0.393. The maximum absolute atomic E-state index is 12.4. The Morgan fingerprint density at radius 3 is 2.63 bits per heavy atom. The van der Waals surface area contributed by atoms with Gasteiger partial charge in [-0.15, -0.1) is 0 Å². The van der Waals surface area contributed by atoms with Gasteiger partial charge in [-0.3, -0.25) is 4.21 Å². The number of hydrogen-bond acceptors (Lipinski definition) is 9. The molecule has 30 heavy (non-hydrogen) atoms. The normalized spacial score (nSPS) is 30.3. The van der Waals surface area contributed by atoms with Crippen molar-refractivity contribution in [3.05, 3.63) is 23.2 Å². The second-order valence-corrected chi connectivity index (χ2v) is 10.3. The van der Waals surface area contributed by atoms with E-state index in [0.29, 0.717) is 45.3 Å². The zero-order chi connectivity index (χ0) is 20.5. The topological polar surface area (TPSA) is 113 Å². The average molecular weight is 449 g/mol. The highest BCUT2D eigenvalue weighted by atomic mass is 35.5. The molecule has 0 spiro atoms. The first-order valence-electron chi connectivity index (χ1n) is 10.1. The smallest absolute Gasteiger partial charge is 0.238 e. The molecular weight excluding hydrogens is 428 g/mol. The summed E-state index contributed by atoms with van der Waals surface area (Å²) < 4.78 is 18.0. The molecule has 0 aromatic carbocycles. The molecule has 0 amide bonds. The molecule has 3 atom stereocenters. The van der Waals surface area contributed by atoms with Crippen molar-refractivity contribution in [2.75, 3.05) is 35.9 Å². The maximum Gasteiger partial charge on any atom is 0.238 e. The van der Waals surface area contributed by atoms with E-state index in [1.165, 1.54) is 0 Å². The highest BCUT2D eigenvalue weighted by Crippen LogP contribution is 2.57. The molecule has 11 heteroatoms. The van der Waals surface area contributed by atoms with Gasteiger partial charge in [0.05, 0.1) is 17.2 Å². The molecule has 1 saturated heterocycles.